The third kappa shape index (κ3) is 5.32. The molecule has 0 aliphatic heterocycles. The van der Waals surface area contributed by atoms with Crippen LogP contribution in [0.5, 0.6) is 0 Å². The molecular formula is C15H17NO3S2. The molecule has 1 N–H and O–H groups in total. The van der Waals surface area contributed by atoms with Crippen molar-refractivity contribution < 1.29 is 13.2 Å². The van der Waals surface area contributed by atoms with Crippen LogP contribution in [0.1, 0.15) is 16.5 Å². The van der Waals surface area contributed by atoms with Crippen LogP contribution in [-0.4, -0.2) is 26.3 Å². The molecule has 1 atom stereocenters. The van der Waals surface area contributed by atoms with Crippen LogP contribution in [0.25, 0.3) is 0 Å². The van der Waals surface area contributed by atoms with E-state index in [1.54, 1.807) is 0 Å². The molecule has 0 aliphatic rings. The van der Waals surface area contributed by atoms with E-state index in [1.165, 1.54) is 17.6 Å². The van der Waals surface area contributed by atoms with Crippen LogP contribution in [0.3, 0.4) is 0 Å². The molecule has 0 aliphatic carbocycles. The van der Waals surface area contributed by atoms with Gasteiger partial charge in [0.2, 0.25) is 5.91 Å². The van der Waals surface area contributed by atoms with Crippen molar-refractivity contribution in [3.8, 4) is 0 Å². The second kappa shape index (κ2) is 6.87. The number of carbonyl (C=O) groups excluding carboxylic acids is 1. The first kappa shape index (κ1) is 15.7. The van der Waals surface area contributed by atoms with Gasteiger partial charge in [-0.1, -0.05) is 36.4 Å². The van der Waals surface area contributed by atoms with Crippen LogP contribution in [0.2, 0.25) is 0 Å². The van der Waals surface area contributed by atoms with Gasteiger partial charge in [0, 0.05) is 11.1 Å². The smallest absolute Gasteiger partial charge is 0.225 e. The van der Waals surface area contributed by atoms with Gasteiger partial charge in [-0.05, 0) is 17.0 Å². The van der Waals surface area contributed by atoms with Gasteiger partial charge >= 0.3 is 0 Å². The monoisotopic (exact) mass is 323 g/mol. The number of sulfone groups is 1. The molecule has 1 unspecified atom stereocenters. The number of hydrogen-bond donors (Lipinski definition) is 1. The molecule has 1 amide bonds. The highest BCUT2D eigenvalue weighted by atomic mass is 32.2. The number of benzene rings is 1. The minimum absolute atomic E-state index is 0.104. The van der Waals surface area contributed by atoms with E-state index in [0.29, 0.717) is 0 Å². The summed E-state index contributed by atoms with van der Waals surface area (Å²) in [5.74, 6) is -0.275. The largest absolute Gasteiger partial charge is 0.348 e. The molecule has 0 radical (unpaired) electrons. The van der Waals surface area contributed by atoms with E-state index >= 15 is 0 Å². The topological polar surface area (TPSA) is 63.2 Å². The Labute approximate surface area is 128 Å². The molecule has 0 saturated heterocycles. The van der Waals surface area contributed by atoms with Gasteiger partial charge in [0.15, 0.2) is 0 Å². The molecule has 1 heterocycles. The lowest BCUT2D eigenvalue weighted by Gasteiger charge is -2.18. The number of nitrogens with one attached hydrogen (secondary N) is 1. The Hall–Kier alpha value is -1.66. The molecule has 0 saturated carbocycles. The van der Waals surface area contributed by atoms with Gasteiger partial charge in [-0.2, -0.15) is 0 Å². The lowest BCUT2D eigenvalue weighted by atomic mass is 10.1. The first-order chi connectivity index (χ1) is 9.94. The molecule has 0 fully saturated rings. The van der Waals surface area contributed by atoms with Crippen molar-refractivity contribution in [3.05, 3.63) is 58.3 Å². The number of amides is 1. The quantitative estimate of drug-likeness (QED) is 0.886. The third-order valence-electron chi connectivity index (χ3n) is 2.92. The Balaban J connectivity index is 2.10. The van der Waals surface area contributed by atoms with Crippen LogP contribution in [-0.2, 0) is 21.1 Å². The number of carbonyl (C=O) groups is 1. The predicted octanol–water partition coefficient (Wildman–Crippen LogP) is 2.19. The van der Waals surface area contributed by atoms with E-state index in [2.05, 4.69) is 5.32 Å². The highest BCUT2D eigenvalue weighted by molar-refractivity contribution is 7.90. The zero-order valence-corrected chi connectivity index (χ0v) is 13.3. The highest BCUT2D eigenvalue weighted by Crippen LogP contribution is 2.16. The Morgan fingerprint density at radius 3 is 2.48 bits per heavy atom. The van der Waals surface area contributed by atoms with Crippen molar-refractivity contribution in [3.63, 3.8) is 0 Å². The van der Waals surface area contributed by atoms with Crippen molar-refractivity contribution in [1.29, 1.82) is 0 Å². The molecule has 0 bridgehead atoms. The van der Waals surface area contributed by atoms with Gasteiger partial charge < -0.3 is 5.32 Å². The summed E-state index contributed by atoms with van der Waals surface area (Å²) in [5.41, 5.74) is 0.794. The van der Waals surface area contributed by atoms with Crippen LogP contribution in [0.15, 0.2) is 47.8 Å². The summed E-state index contributed by atoms with van der Waals surface area (Å²) in [6.45, 7) is 0. The summed E-state index contributed by atoms with van der Waals surface area (Å²) in [5, 5.41) is 4.73. The fraction of sp³-hybridized carbons (Fsp3) is 0.267. The normalized spacial score (nSPS) is 12.8. The van der Waals surface area contributed by atoms with E-state index in [9.17, 15) is 13.2 Å². The summed E-state index contributed by atoms with van der Waals surface area (Å²) < 4.78 is 23.1. The molecule has 2 aromatic rings. The lowest BCUT2D eigenvalue weighted by Crippen LogP contribution is -2.33. The molecule has 112 valence electrons. The highest BCUT2D eigenvalue weighted by Gasteiger charge is 2.19. The maximum absolute atomic E-state index is 12.1. The molecular weight excluding hydrogens is 306 g/mol. The summed E-state index contributed by atoms with van der Waals surface area (Å²) in [6, 6.07) is 12.4. The summed E-state index contributed by atoms with van der Waals surface area (Å²) in [7, 11) is -3.19. The molecule has 4 nitrogen and oxygen atoms in total. The van der Waals surface area contributed by atoms with Gasteiger partial charge in [-0.25, -0.2) is 8.42 Å². The number of hydrogen-bond acceptors (Lipinski definition) is 4. The molecule has 6 heteroatoms. The number of rotatable bonds is 6. The number of thiophene rings is 1. The average Bonchev–Trinajstić information content (AvgIpc) is 2.90. The van der Waals surface area contributed by atoms with Crippen LogP contribution in [0.4, 0.5) is 0 Å². The van der Waals surface area contributed by atoms with Crippen LogP contribution < -0.4 is 5.32 Å². The first-order valence-corrected chi connectivity index (χ1v) is 9.42. The molecule has 2 rings (SSSR count). The van der Waals surface area contributed by atoms with Crippen LogP contribution >= 0.6 is 11.3 Å². The summed E-state index contributed by atoms with van der Waals surface area (Å²) >= 11 is 1.51. The van der Waals surface area contributed by atoms with Crippen LogP contribution in [0, 0.1) is 0 Å². The maximum Gasteiger partial charge on any atom is 0.225 e. The second-order valence-electron chi connectivity index (χ2n) is 4.88. The Morgan fingerprint density at radius 2 is 1.90 bits per heavy atom. The fourth-order valence-electron chi connectivity index (χ4n) is 2.03. The van der Waals surface area contributed by atoms with Gasteiger partial charge in [-0.15, -0.1) is 11.3 Å². The average molecular weight is 323 g/mol. The van der Waals surface area contributed by atoms with E-state index in [1.807, 2.05) is 47.8 Å². The van der Waals surface area contributed by atoms with E-state index in [-0.39, 0.29) is 18.1 Å². The second-order valence-corrected chi connectivity index (χ2v) is 8.10. The molecule has 1 aromatic heterocycles. The van der Waals surface area contributed by atoms with E-state index in [4.69, 9.17) is 0 Å². The zero-order chi connectivity index (χ0) is 15.3. The van der Waals surface area contributed by atoms with Gasteiger partial charge in [-0.3, -0.25) is 4.79 Å². The lowest BCUT2D eigenvalue weighted by molar-refractivity contribution is -0.121. The summed E-state index contributed by atoms with van der Waals surface area (Å²) in [4.78, 5) is 13.0. The maximum atomic E-state index is 12.1. The standard InChI is InChI=1S/C15H17NO3S2/c1-21(18,19)11-14(12-6-3-2-4-7-12)16-15(17)10-13-8-5-9-20-13/h2-9,14H,10-11H2,1H3,(H,16,17). The molecule has 0 spiro atoms. The van der Waals surface area contributed by atoms with Gasteiger partial charge in [0.25, 0.3) is 0 Å². The molecule has 1 aromatic carbocycles. The Kier molecular flexibility index (Phi) is 5.14. The van der Waals surface area contributed by atoms with Gasteiger partial charge in [0.1, 0.15) is 9.84 Å². The zero-order valence-electron chi connectivity index (χ0n) is 11.7. The van der Waals surface area contributed by atoms with Crippen molar-refractivity contribution in [2.75, 3.05) is 12.0 Å². The Morgan fingerprint density at radius 1 is 1.19 bits per heavy atom. The van der Waals surface area contributed by atoms with E-state index < -0.39 is 15.9 Å². The predicted molar refractivity (Wildman–Crippen MR) is 85.1 cm³/mol. The van der Waals surface area contributed by atoms with Gasteiger partial charge in [0.05, 0.1) is 18.2 Å². The third-order valence-corrected chi connectivity index (χ3v) is 4.74. The van der Waals surface area contributed by atoms with E-state index in [0.717, 1.165) is 10.4 Å². The summed E-state index contributed by atoms with van der Waals surface area (Å²) in [6.07, 6.45) is 1.44. The van der Waals surface area contributed by atoms with Crippen molar-refractivity contribution in [2.45, 2.75) is 12.5 Å². The molecule has 21 heavy (non-hydrogen) atoms. The minimum Gasteiger partial charge on any atom is -0.348 e. The first-order valence-electron chi connectivity index (χ1n) is 6.48. The van der Waals surface area contributed by atoms with Crippen molar-refractivity contribution in [1.82, 2.24) is 5.32 Å². The van der Waals surface area contributed by atoms with Crippen molar-refractivity contribution in [2.24, 2.45) is 0 Å². The Bertz CT molecular complexity index is 679. The fourth-order valence-corrected chi connectivity index (χ4v) is 3.61. The minimum atomic E-state index is -3.19. The van der Waals surface area contributed by atoms with Crippen molar-refractivity contribution >= 4 is 27.1 Å². The SMILES string of the molecule is CS(=O)(=O)CC(NC(=O)Cc1cccs1)c1ccccc1.